The summed E-state index contributed by atoms with van der Waals surface area (Å²) in [6.07, 6.45) is 2.95. The van der Waals surface area contributed by atoms with Crippen molar-refractivity contribution in [1.82, 2.24) is 10.2 Å². The molecule has 0 unspecified atom stereocenters. The van der Waals surface area contributed by atoms with Gasteiger partial charge in [0.05, 0.1) is 17.3 Å². The Kier molecular flexibility index (Phi) is 7.36. The molecule has 0 aliphatic carbocycles. The number of hydrogen-bond donors (Lipinski definition) is 3. The number of halogens is 1. The number of nitrogens with zero attached hydrogens (tertiary/aromatic N) is 1. The van der Waals surface area contributed by atoms with Crippen LogP contribution in [0.1, 0.15) is 12.8 Å². The molecule has 1 aliphatic rings. The summed E-state index contributed by atoms with van der Waals surface area (Å²) in [5, 5.41) is 16.5. The first-order valence-electron chi connectivity index (χ1n) is 9.97. The number of anilines is 1. The SMILES string of the molecule is C=CC(=O)NCC1CCN(C(=O)CNc2cc(-c3ccccc3)c(Cl)cc2O)CC1. The number of aromatic hydroxyl groups is 1. The topological polar surface area (TPSA) is 81.7 Å². The van der Waals surface area contributed by atoms with E-state index < -0.39 is 0 Å². The van der Waals surface area contributed by atoms with E-state index in [0.29, 0.717) is 36.3 Å². The van der Waals surface area contributed by atoms with Crippen LogP contribution < -0.4 is 10.6 Å². The second kappa shape index (κ2) is 10.2. The number of nitrogens with one attached hydrogen (secondary N) is 2. The number of likely N-dealkylation sites (tertiary alicyclic amines) is 1. The average Bonchev–Trinajstić information content (AvgIpc) is 2.77. The van der Waals surface area contributed by atoms with E-state index in [-0.39, 0.29) is 24.1 Å². The molecule has 3 rings (SSSR count). The highest BCUT2D eigenvalue weighted by Gasteiger charge is 2.23. The van der Waals surface area contributed by atoms with Crippen molar-refractivity contribution < 1.29 is 14.7 Å². The molecule has 2 aromatic rings. The van der Waals surface area contributed by atoms with E-state index in [1.165, 1.54) is 12.1 Å². The zero-order valence-corrected chi connectivity index (χ0v) is 17.5. The predicted octanol–water partition coefficient (Wildman–Crippen LogP) is 3.67. The van der Waals surface area contributed by atoms with Crippen LogP contribution in [0.4, 0.5) is 5.69 Å². The van der Waals surface area contributed by atoms with Crippen LogP contribution >= 0.6 is 11.6 Å². The van der Waals surface area contributed by atoms with Gasteiger partial charge in [-0.05, 0) is 36.5 Å². The van der Waals surface area contributed by atoms with Crippen LogP contribution in [0.3, 0.4) is 0 Å². The molecule has 158 valence electrons. The van der Waals surface area contributed by atoms with Gasteiger partial charge in [0.2, 0.25) is 11.8 Å². The molecule has 2 aromatic carbocycles. The van der Waals surface area contributed by atoms with Gasteiger partial charge in [0.15, 0.2) is 0 Å². The number of benzene rings is 2. The van der Waals surface area contributed by atoms with Gasteiger partial charge in [0.1, 0.15) is 5.75 Å². The van der Waals surface area contributed by atoms with Crippen LogP contribution in [0.2, 0.25) is 5.02 Å². The third-order valence-corrected chi connectivity index (χ3v) is 5.63. The zero-order valence-electron chi connectivity index (χ0n) is 16.7. The maximum absolute atomic E-state index is 12.6. The molecule has 1 heterocycles. The molecule has 7 heteroatoms. The molecule has 1 fully saturated rings. The number of rotatable bonds is 7. The van der Waals surface area contributed by atoms with Crippen LogP contribution in [-0.4, -0.2) is 48.0 Å². The first kappa shape index (κ1) is 21.7. The average molecular weight is 428 g/mol. The minimum Gasteiger partial charge on any atom is -0.506 e. The van der Waals surface area contributed by atoms with E-state index in [4.69, 9.17) is 11.6 Å². The standard InChI is InChI=1S/C23H26ClN3O3/c1-2-22(29)26-14-16-8-10-27(11-9-16)23(30)15-25-20-12-18(19(24)13-21(20)28)17-6-4-3-5-7-17/h2-7,12-13,16,25,28H,1,8-11,14-15H2,(H,26,29). The number of carbonyl (C=O) groups excluding carboxylic acids is 2. The fourth-order valence-electron chi connectivity index (χ4n) is 3.53. The molecule has 0 saturated carbocycles. The quantitative estimate of drug-likeness (QED) is 0.465. The summed E-state index contributed by atoms with van der Waals surface area (Å²) in [5.41, 5.74) is 2.18. The van der Waals surface area contributed by atoms with Crippen molar-refractivity contribution in [3.8, 4) is 16.9 Å². The summed E-state index contributed by atoms with van der Waals surface area (Å²) < 4.78 is 0. The molecular weight excluding hydrogens is 402 g/mol. The van der Waals surface area contributed by atoms with Crippen molar-refractivity contribution >= 4 is 29.1 Å². The van der Waals surface area contributed by atoms with Gasteiger partial charge in [-0.15, -0.1) is 0 Å². The molecule has 1 aliphatic heterocycles. The minimum absolute atomic E-state index is 0.00384. The van der Waals surface area contributed by atoms with Crippen LogP contribution in [0, 0.1) is 5.92 Å². The predicted molar refractivity (Wildman–Crippen MR) is 120 cm³/mol. The summed E-state index contributed by atoms with van der Waals surface area (Å²) >= 11 is 6.29. The second-order valence-electron chi connectivity index (χ2n) is 7.34. The third kappa shape index (κ3) is 5.54. The Bertz CT molecular complexity index is 909. The van der Waals surface area contributed by atoms with Gasteiger partial charge in [0, 0.05) is 31.3 Å². The van der Waals surface area contributed by atoms with Crippen molar-refractivity contribution in [1.29, 1.82) is 0 Å². The summed E-state index contributed by atoms with van der Waals surface area (Å²) in [6.45, 7) is 5.43. The van der Waals surface area contributed by atoms with Gasteiger partial charge >= 0.3 is 0 Å². The molecule has 0 atom stereocenters. The highest BCUT2D eigenvalue weighted by Crippen LogP contribution is 2.36. The Labute approximate surface area is 181 Å². The highest BCUT2D eigenvalue weighted by atomic mass is 35.5. The van der Waals surface area contributed by atoms with Crippen LogP contribution in [-0.2, 0) is 9.59 Å². The molecule has 30 heavy (non-hydrogen) atoms. The van der Waals surface area contributed by atoms with Crippen molar-refractivity contribution in [3.05, 3.63) is 60.1 Å². The summed E-state index contributed by atoms with van der Waals surface area (Å²) in [6, 6.07) is 12.9. The smallest absolute Gasteiger partial charge is 0.243 e. The molecule has 0 bridgehead atoms. The molecule has 6 nitrogen and oxygen atoms in total. The van der Waals surface area contributed by atoms with E-state index >= 15 is 0 Å². The Balaban J connectivity index is 1.55. The Morgan fingerprint density at radius 1 is 1.20 bits per heavy atom. The molecule has 2 amide bonds. The number of amides is 2. The van der Waals surface area contributed by atoms with E-state index in [1.54, 1.807) is 6.07 Å². The van der Waals surface area contributed by atoms with Gasteiger partial charge in [-0.25, -0.2) is 0 Å². The fourth-order valence-corrected chi connectivity index (χ4v) is 3.80. The second-order valence-corrected chi connectivity index (χ2v) is 7.75. The molecule has 0 aromatic heterocycles. The van der Waals surface area contributed by atoms with Gasteiger partial charge in [-0.3, -0.25) is 9.59 Å². The monoisotopic (exact) mass is 427 g/mol. The maximum Gasteiger partial charge on any atom is 0.243 e. The Morgan fingerprint density at radius 2 is 1.90 bits per heavy atom. The summed E-state index contributed by atoms with van der Waals surface area (Å²) in [7, 11) is 0. The first-order chi connectivity index (χ1) is 14.5. The zero-order chi connectivity index (χ0) is 21.5. The van der Waals surface area contributed by atoms with Crippen LogP contribution in [0.25, 0.3) is 11.1 Å². The molecule has 3 N–H and O–H groups in total. The van der Waals surface area contributed by atoms with Crippen molar-refractivity contribution in [2.75, 3.05) is 31.5 Å². The van der Waals surface area contributed by atoms with Crippen LogP contribution in [0.15, 0.2) is 55.1 Å². The van der Waals surface area contributed by atoms with Crippen molar-refractivity contribution in [2.45, 2.75) is 12.8 Å². The number of phenolic OH excluding ortho intramolecular Hbond substituents is 1. The first-order valence-corrected chi connectivity index (χ1v) is 10.4. The fraction of sp³-hybridized carbons (Fsp3) is 0.304. The maximum atomic E-state index is 12.6. The molecular formula is C23H26ClN3O3. The van der Waals surface area contributed by atoms with Gasteiger partial charge in [-0.2, -0.15) is 0 Å². The van der Waals surface area contributed by atoms with Gasteiger partial charge < -0.3 is 20.6 Å². The van der Waals surface area contributed by atoms with Gasteiger partial charge in [0.25, 0.3) is 0 Å². The minimum atomic E-state index is -0.171. The van der Waals surface area contributed by atoms with E-state index in [1.807, 2.05) is 35.2 Å². The number of hydrogen-bond acceptors (Lipinski definition) is 4. The number of phenols is 1. The Morgan fingerprint density at radius 3 is 2.57 bits per heavy atom. The third-order valence-electron chi connectivity index (χ3n) is 5.32. The van der Waals surface area contributed by atoms with E-state index in [0.717, 1.165) is 24.0 Å². The normalized spacial score (nSPS) is 14.2. The lowest BCUT2D eigenvalue weighted by molar-refractivity contribution is -0.130. The lowest BCUT2D eigenvalue weighted by atomic mass is 9.96. The van der Waals surface area contributed by atoms with E-state index in [2.05, 4.69) is 17.2 Å². The lowest BCUT2D eigenvalue weighted by Gasteiger charge is -2.32. The van der Waals surface area contributed by atoms with Crippen LogP contribution in [0.5, 0.6) is 5.75 Å². The molecule has 1 saturated heterocycles. The summed E-state index contributed by atoms with van der Waals surface area (Å²) in [4.78, 5) is 25.7. The number of carbonyl (C=O) groups is 2. The summed E-state index contributed by atoms with van der Waals surface area (Å²) in [5.74, 6) is 0.165. The van der Waals surface area contributed by atoms with E-state index in [9.17, 15) is 14.7 Å². The largest absolute Gasteiger partial charge is 0.506 e. The molecule has 0 radical (unpaired) electrons. The highest BCUT2D eigenvalue weighted by molar-refractivity contribution is 6.33. The lowest BCUT2D eigenvalue weighted by Crippen LogP contribution is -2.43. The molecule has 0 spiro atoms. The number of piperidine rings is 1. The Hall–Kier alpha value is -2.99. The van der Waals surface area contributed by atoms with Gasteiger partial charge in [-0.1, -0.05) is 48.5 Å². The van der Waals surface area contributed by atoms with Crippen molar-refractivity contribution in [3.63, 3.8) is 0 Å². The van der Waals surface area contributed by atoms with Crippen molar-refractivity contribution in [2.24, 2.45) is 5.92 Å².